The fraction of sp³-hybridized carbons (Fsp3) is 0.200. The number of aromatic nitrogens is 2. The lowest BCUT2D eigenvalue weighted by Crippen LogP contribution is -2.19. The summed E-state index contributed by atoms with van der Waals surface area (Å²) < 4.78 is 1.16. The van der Waals surface area contributed by atoms with Crippen LogP contribution in [0.2, 0.25) is 0 Å². The topological polar surface area (TPSA) is 37.8 Å². The molecule has 2 aromatic heterocycles. The van der Waals surface area contributed by atoms with Gasteiger partial charge in [-0.3, -0.25) is 0 Å². The Kier molecular flexibility index (Phi) is 9.09. The van der Waals surface area contributed by atoms with E-state index in [4.69, 9.17) is 0 Å². The second-order valence-electron chi connectivity index (χ2n) is 4.44. The number of nitrogens with one attached hydrogen (secondary N) is 1. The van der Waals surface area contributed by atoms with Crippen molar-refractivity contribution in [3.63, 3.8) is 0 Å². The molecule has 0 amide bonds. The highest BCUT2D eigenvalue weighted by Crippen LogP contribution is 2.06. The zero-order valence-electron chi connectivity index (χ0n) is 14.8. The van der Waals surface area contributed by atoms with Crippen LogP contribution < -0.4 is 15.2 Å². The van der Waals surface area contributed by atoms with Crippen LogP contribution in [0.1, 0.15) is 31.3 Å². The molecule has 0 aliphatic rings. The third-order valence-electron chi connectivity index (χ3n) is 2.92. The number of hydrogen-bond acceptors (Lipinski definition) is 4. The molecule has 3 nitrogen and oxygen atoms in total. The Hall–Kier alpha value is -2.46. The molecule has 2 heterocycles. The highest BCUT2D eigenvalue weighted by molar-refractivity contribution is 7.10. The Morgan fingerprint density at radius 3 is 2.50 bits per heavy atom. The van der Waals surface area contributed by atoms with Crippen LogP contribution in [0, 0.1) is 0 Å². The quantitative estimate of drug-likeness (QED) is 0.834. The largest absolute Gasteiger partial charge is 0.373 e. The van der Waals surface area contributed by atoms with E-state index in [1.165, 1.54) is 0 Å². The second-order valence-corrected chi connectivity index (χ2v) is 5.50. The molecule has 4 heteroatoms. The summed E-state index contributed by atoms with van der Waals surface area (Å²) in [6, 6.07) is 3.97. The number of rotatable bonds is 5. The van der Waals surface area contributed by atoms with Crippen molar-refractivity contribution in [2.24, 2.45) is 0 Å². The van der Waals surface area contributed by atoms with Gasteiger partial charge in [-0.15, -0.1) is 11.3 Å². The summed E-state index contributed by atoms with van der Waals surface area (Å²) in [7, 11) is 1.86. The van der Waals surface area contributed by atoms with Gasteiger partial charge < -0.3 is 5.32 Å². The maximum atomic E-state index is 4.56. The lowest BCUT2D eigenvalue weighted by molar-refractivity contribution is 1.28. The molecule has 1 N–H and O–H groups in total. The minimum atomic E-state index is 0.866. The molecule has 126 valence electrons. The first-order chi connectivity index (χ1) is 11.8. The predicted octanol–water partition coefficient (Wildman–Crippen LogP) is 4.10. The zero-order chi connectivity index (χ0) is 17.8. The fourth-order valence-corrected chi connectivity index (χ4v) is 2.68. The first-order valence-electron chi connectivity index (χ1n) is 8.01. The van der Waals surface area contributed by atoms with Crippen molar-refractivity contribution < 1.29 is 0 Å². The van der Waals surface area contributed by atoms with Gasteiger partial charge >= 0.3 is 0 Å². The van der Waals surface area contributed by atoms with Crippen molar-refractivity contribution in [2.75, 3.05) is 12.4 Å². The molecule has 0 fully saturated rings. The highest BCUT2D eigenvalue weighted by Gasteiger charge is 1.94. The molecule has 0 radical (unpaired) electrons. The van der Waals surface area contributed by atoms with Crippen molar-refractivity contribution in [3.05, 3.63) is 63.6 Å². The van der Waals surface area contributed by atoms with Crippen LogP contribution in [0.3, 0.4) is 0 Å². The second kappa shape index (κ2) is 11.1. The average molecular weight is 340 g/mol. The Labute approximate surface area is 148 Å². The summed E-state index contributed by atoms with van der Waals surface area (Å²) in [5.41, 5.74) is 1.06. The van der Waals surface area contributed by atoms with Crippen molar-refractivity contribution in [1.29, 1.82) is 0 Å². The van der Waals surface area contributed by atoms with Crippen LogP contribution in [0.15, 0.2) is 43.1 Å². The predicted molar refractivity (Wildman–Crippen MR) is 109 cm³/mol. The first kappa shape index (κ1) is 19.6. The number of pyridine rings is 1. The smallest absolute Gasteiger partial charge is 0.125 e. The van der Waals surface area contributed by atoms with E-state index in [0.717, 1.165) is 26.3 Å². The van der Waals surface area contributed by atoms with Crippen molar-refractivity contribution >= 4 is 41.5 Å². The number of thiazole rings is 1. The summed E-state index contributed by atoms with van der Waals surface area (Å²) in [4.78, 5) is 8.82. The van der Waals surface area contributed by atoms with Gasteiger partial charge in [0.2, 0.25) is 0 Å². The van der Waals surface area contributed by atoms with E-state index in [9.17, 15) is 0 Å². The third-order valence-corrected chi connectivity index (χ3v) is 4.02. The monoisotopic (exact) mass is 339 g/mol. The molecule has 0 unspecified atom stereocenters. The Morgan fingerprint density at radius 1 is 1.17 bits per heavy atom. The standard InChI is InChI=1S/C18H19N3S.C2H6/c1-4-8-15-16(5-2)22-18(21-15)10-7-6-9-14-11-12-17(19-3)20-13-14;1-2/h4-13H,1H2,2-3H3,(H,19,20);1-2H3/b9-6+,10-7+,15-8+,16-5+;. The highest BCUT2D eigenvalue weighted by atomic mass is 32.1. The normalized spacial score (nSPS) is 12.5. The van der Waals surface area contributed by atoms with Gasteiger partial charge in [0.05, 0.1) is 9.88 Å². The van der Waals surface area contributed by atoms with Gasteiger partial charge in [0.1, 0.15) is 10.8 Å². The lowest BCUT2D eigenvalue weighted by Gasteiger charge is -1.97. The summed E-state index contributed by atoms with van der Waals surface area (Å²) in [6.07, 6.45) is 15.6. The SMILES string of the molecule is C=C/C=c1/nc(/C=C/C=C/c2ccc(NC)nc2)s/c1=C/C.CC. The maximum Gasteiger partial charge on any atom is 0.125 e. The van der Waals surface area contributed by atoms with Gasteiger partial charge in [0.25, 0.3) is 0 Å². The van der Waals surface area contributed by atoms with E-state index in [-0.39, 0.29) is 0 Å². The van der Waals surface area contributed by atoms with E-state index in [2.05, 4.69) is 27.9 Å². The van der Waals surface area contributed by atoms with Crippen molar-refractivity contribution in [2.45, 2.75) is 20.8 Å². The molecule has 0 spiro atoms. The van der Waals surface area contributed by atoms with E-state index >= 15 is 0 Å². The Bertz CT molecular complexity index is 796. The molecule has 0 aliphatic carbocycles. The molecule has 0 saturated carbocycles. The summed E-state index contributed by atoms with van der Waals surface area (Å²) in [6.45, 7) is 9.73. The minimum Gasteiger partial charge on any atom is -0.373 e. The van der Waals surface area contributed by atoms with Crippen LogP contribution in [0.5, 0.6) is 0 Å². The molecule has 24 heavy (non-hydrogen) atoms. The van der Waals surface area contributed by atoms with Crippen molar-refractivity contribution in [3.8, 4) is 0 Å². The molecule has 2 aromatic rings. The van der Waals surface area contributed by atoms with E-state index in [1.54, 1.807) is 17.4 Å². The molecule has 0 saturated heterocycles. The molecule has 0 bridgehead atoms. The van der Waals surface area contributed by atoms with E-state index in [0.29, 0.717) is 0 Å². The van der Waals surface area contributed by atoms with E-state index in [1.807, 2.05) is 76.5 Å². The summed E-state index contributed by atoms with van der Waals surface area (Å²) >= 11 is 1.66. The van der Waals surface area contributed by atoms with Crippen LogP contribution >= 0.6 is 11.3 Å². The number of hydrogen-bond donors (Lipinski definition) is 1. The van der Waals surface area contributed by atoms with Crippen molar-refractivity contribution in [1.82, 2.24) is 9.97 Å². The minimum absolute atomic E-state index is 0.866. The van der Waals surface area contributed by atoms with Gasteiger partial charge in [0, 0.05) is 13.2 Å². The zero-order valence-corrected chi connectivity index (χ0v) is 15.6. The van der Waals surface area contributed by atoms with Gasteiger partial charge in [-0.1, -0.05) is 50.8 Å². The van der Waals surface area contributed by atoms with Gasteiger partial charge in [0.15, 0.2) is 0 Å². The number of allylic oxidation sites excluding steroid dienone is 3. The molecular formula is C20H25N3S. The van der Waals surface area contributed by atoms with Crippen LogP contribution in [0.4, 0.5) is 5.82 Å². The van der Waals surface area contributed by atoms with Gasteiger partial charge in [-0.25, -0.2) is 9.97 Å². The third kappa shape index (κ3) is 5.97. The summed E-state index contributed by atoms with van der Waals surface area (Å²) in [5.74, 6) is 0.866. The van der Waals surface area contributed by atoms with Gasteiger partial charge in [-0.2, -0.15) is 0 Å². The fourth-order valence-electron chi connectivity index (χ4n) is 1.83. The molecule has 2 rings (SSSR count). The molecule has 0 aromatic carbocycles. The number of nitrogens with zero attached hydrogens (tertiary/aromatic N) is 2. The maximum absolute atomic E-state index is 4.56. The van der Waals surface area contributed by atoms with Crippen LogP contribution in [-0.4, -0.2) is 17.0 Å². The van der Waals surface area contributed by atoms with E-state index < -0.39 is 0 Å². The number of anilines is 1. The Balaban J connectivity index is 0.00000139. The lowest BCUT2D eigenvalue weighted by atomic mass is 10.2. The molecular weight excluding hydrogens is 314 g/mol. The van der Waals surface area contributed by atoms with Crippen LogP contribution in [-0.2, 0) is 0 Å². The first-order valence-corrected chi connectivity index (χ1v) is 8.83. The summed E-state index contributed by atoms with van der Waals surface area (Å²) in [5, 5.41) is 4.95. The van der Waals surface area contributed by atoms with Crippen LogP contribution in [0.25, 0.3) is 24.3 Å². The average Bonchev–Trinajstić information content (AvgIpc) is 3.03. The van der Waals surface area contributed by atoms with Gasteiger partial charge in [-0.05, 0) is 36.8 Å². The molecule has 0 aliphatic heterocycles. The Morgan fingerprint density at radius 2 is 1.92 bits per heavy atom. The molecule has 0 atom stereocenters.